The van der Waals surface area contributed by atoms with E-state index < -0.39 is 7.36 Å². The number of rotatable bonds is 2. The molecule has 3 aliphatic rings. The standard InChI is InChI=1S/C23H28N5P/c1-23(2)19-13-7-8-14-20(19)26(3)22(23)21-17-25-28(18-11-5-4-6-12-18)29(21,24)27-15-9-10-16-27/h4-8,11-14,17,24H,9-10,15-16H2,1-3H3/b22-21-/t29-/m1/s1. The molecule has 1 fully saturated rings. The first kappa shape index (κ1) is 18.7. The van der Waals surface area contributed by atoms with Gasteiger partial charge >= 0.3 is 0 Å². The Kier molecular flexibility index (Phi) is 4.23. The summed E-state index contributed by atoms with van der Waals surface area (Å²) in [6, 6.07) is 18.9. The Labute approximate surface area is 173 Å². The monoisotopic (exact) mass is 405 g/mol. The lowest BCUT2D eigenvalue weighted by molar-refractivity contribution is 0.556. The third-order valence-corrected chi connectivity index (χ3v) is 9.59. The molecule has 2 aromatic carbocycles. The number of anilines is 2. The first-order valence-electron chi connectivity index (χ1n) is 10.3. The number of benzene rings is 2. The lowest BCUT2D eigenvalue weighted by atomic mass is 9.84. The number of nitrogens with zero attached hydrogens (tertiary/aromatic N) is 4. The van der Waals surface area contributed by atoms with Gasteiger partial charge in [0.2, 0.25) is 0 Å². The van der Waals surface area contributed by atoms with E-state index in [1.54, 1.807) is 0 Å². The Bertz CT molecular complexity index is 1050. The minimum atomic E-state index is -2.57. The van der Waals surface area contributed by atoms with Crippen LogP contribution in [-0.2, 0) is 5.41 Å². The molecule has 5 nitrogen and oxygen atoms in total. The van der Waals surface area contributed by atoms with Crippen LogP contribution in [0.1, 0.15) is 32.3 Å². The van der Waals surface area contributed by atoms with Crippen LogP contribution in [0.25, 0.3) is 0 Å². The summed E-state index contributed by atoms with van der Waals surface area (Å²) in [5.41, 5.74) is 4.62. The summed E-state index contributed by atoms with van der Waals surface area (Å²) in [5, 5.41) is 15.8. The summed E-state index contributed by atoms with van der Waals surface area (Å²) < 4.78 is 4.40. The fourth-order valence-electron chi connectivity index (χ4n) is 5.09. The molecule has 0 bridgehead atoms. The SMILES string of the molecule is CN1/C(=C2/C=NN(c3ccccc3)[P@]2(=N)N2CCCC2)C(C)(C)c2ccccc21. The van der Waals surface area contributed by atoms with Gasteiger partial charge in [0.15, 0.2) is 7.36 Å². The van der Waals surface area contributed by atoms with E-state index in [0.717, 1.165) is 36.9 Å². The number of hydrogen-bond donors (Lipinski definition) is 1. The van der Waals surface area contributed by atoms with Crippen molar-refractivity contribution in [2.75, 3.05) is 29.8 Å². The predicted octanol–water partition coefficient (Wildman–Crippen LogP) is 5.84. The normalized spacial score (nSPS) is 28.4. The number of allylic oxidation sites excluding steroid dienone is 2. The fraction of sp³-hybridized carbons (Fsp3) is 0.348. The first-order chi connectivity index (χ1) is 14.0. The second-order valence-corrected chi connectivity index (χ2v) is 11.2. The molecule has 150 valence electrons. The zero-order chi connectivity index (χ0) is 20.2. The molecule has 3 aliphatic heterocycles. The second-order valence-electron chi connectivity index (χ2n) is 8.57. The van der Waals surface area contributed by atoms with Crippen LogP contribution in [0.2, 0.25) is 0 Å². The van der Waals surface area contributed by atoms with Crippen molar-refractivity contribution in [2.45, 2.75) is 32.1 Å². The van der Waals surface area contributed by atoms with Crippen molar-refractivity contribution in [1.82, 2.24) is 4.67 Å². The van der Waals surface area contributed by atoms with Gasteiger partial charge in [0.1, 0.15) is 0 Å². The number of likely N-dealkylation sites (N-methyl/N-ethyl adjacent to an activating group) is 1. The summed E-state index contributed by atoms with van der Waals surface area (Å²) in [6.45, 7) is 6.51. The summed E-state index contributed by atoms with van der Waals surface area (Å²) in [5.74, 6) is 0. The molecule has 29 heavy (non-hydrogen) atoms. The van der Waals surface area contributed by atoms with E-state index in [-0.39, 0.29) is 5.41 Å². The first-order valence-corrected chi connectivity index (χ1v) is 12.0. The van der Waals surface area contributed by atoms with Crippen LogP contribution in [0.4, 0.5) is 11.4 Å². The molecule has 0 aliphatic carbocycles. The van der Waals surface area contributed by atoms with E-state index in [0.29, 0.717) is 0 Å². The predicted molar refractivity (Wildman–Crippen MR) is 123 cm³/mol. The number of hydrazone groups is 1. The molecule has 1 N–H and O–H groups in total. The van der Waals surface area contributed by atoms with Gasteiger partial charge in [0.05, 0.1) is 17.2 Å². The topological polar surface area (TPSA) is 45.9 Å². The molecular formula is C23H28N5P. The highest BCUT2D eigenvalue weighted by atomic mass is 31.2. The molecule has 0 saturated carbocycles. The van der Waals surface area contributed by atoms with E-state index in [2.05, 4.69) is 66.9 Å². The fourth-order valence-corrected chi connectivity index (χ4v) is 8.30. The molecule has 1 atom stereocenters. The third-order valence-electron chi connectivity index (χ3n) is 6.49. The van der Waals surface area contributed by atoms with E-state index >= 15 is 0 Å². The molecule has 0 radical (unpaired) electrons. The quantitative estimate of drug-likeness (QED) is 0.639. The summed E-state index contributed by atoms with van der Waals surface area (Å²) in [6.07, 6.45) is 4.29. The summed E-state index contributed by atoms with van der Waals surface area (Å²) in [4.78, 5) is 2.30. The number of fused-ring (bicyclic) bond motifs is 1. The van der Waals surface area contributed by atoms with E-state index in [1.165, 1.54) is 16.9 Å². The molecule has 0 unspecified atom stereocenters. The zero-order valence-corrected chi connectivity index (χ0v) is 18.2. The minimum absolute atomic E-state index is 0.161. The lowest BCUT2D eigenvalue weighted by Crippen LogP contribution is -2.29. The van der Waals surface area contributed by atoms with Gasteiger partial charge in [-0.3, -0.25) is 5.16 Å². The van der Waals surface area contributed by atoms with Crippen molar-refractivity contribution >= 4 is 24.9 Å². The largest absolute Gasteiger partial charge is 0.346 e. The van der Waals surface area contributed by atoms with Crippen LogP contribution >= 0.6 is 7.36 Å². The number of para-hydroxylation sites is 2. The zero-order valence-electron chi connectivity index (χ0n) is 17.3. The van der Waals surface area contributed by atoms with Crippen molar-refractivity contribution in [1.29, 1.82) is 5.16 Å². The highest BCUT2D eigenvalue weighted by Crippen LogP contribution is 2.68. The Morgan fingerprint density at radius 1 is 0.966 bits per heavy atom. The molecule has 1 saturated heterocycles. The Morgan fingerprint density at radius 3 is 2.31 bits per heavy atom. The molecular weight excluding hydrogens is 377 g/mol. The molecule has 0 amide bonds. The highest BCUT2D eigenvalue weighted by Gasteiger charge is 2.48. The maximum atomic E-state index is 9.92. The van der Waals surface area contributed by atoms with E-state index in [4.69, 9.17) is 5.10 Å². The van der Waals surface area contributed by atoms with E-state index in [1.807, 2.05) is 29.2 Å². The molecule has 3 heterocycles. The Hall–Kier alpha value is -2.36. The van der Waals surface area contributed by atoms with Gasteiger partial charge in [-0.05, 0) is 36.6 Å². The van der Waals surface area contributed by atoms with Crippen molar-refractivity contribution in [3.8, 4) is 0 Å². The van der Waals surface area contributed by atoms with Crippen molar-refractivity contribution in [3.63, 3.8) is 0 Å². The lowest BCUT2D eigenvalue weighted by Gasteiger charge is -2.38. The van der Waals surface area contributed by atoms with Gasteiger partial charge in [-0.1, -0.05) is 50.2 Å². The van der Waals surface area contributed by atoms with Crippen molar-refractivity contribution in [3.05, 3.63) is 71.2 Å². The number of hydrogen-bond acceptors (Lipinski definition) is 3. The van der Waals surface area contributed by atoms with Gasteiger partial charge in [-0.15, -0.1) is 0 Å². The van der Waals surface area contributed by atoms with Crippen LogP contribution in [0, 0.1) is 5.16 Å². The van der Waals surface area contributed by atoms with Crippen LogP contribution in [-0.4, -0.2) is 31.0 Å². The minimum Gasteiger partial charge on any atom is -0.346 e. The van der Waals surface area contributed by atoms with Crippen LogP contribution in [0.15, 0.2) is 70.7 Å². The molecule has 0 spiro atoms. The average molecular weight is 405 g/mol. The van der Waals surface area contributed by atoms with Crippen molar-refractivity contribution < 1.29 is 0 Å². The molecule has 5 rings (SSSR count). The Balaban J connectivity index is 1.73. The van der Waals surface area contributed by atoms with Gasteiger partial charge in [0, 0.05) is 36.9 Å². The maximum Gasteiger partial charge on any atom is 0.172 e. The summed E-state index contributed by atoms with van der Waals surface area (Å²) >= 11 is 0. The van der Waals surface area contributed by atoms with E-state index in [9.17, 15) is 5.16 Å². The maximum absolute atomic E-state index is 9.92. The van der Waals surface area contributed by atoms with Crippen molar-refractivity contribution in [2.24, 2.45) is 5.10 Å². The number of nitrogens with one attached hydrogen (secondary N) is 1. The molecule has 0 aromatic heterocycles. The molecule has 2 aromatic rings. The second kappa shape index (κ2) is 6.58. The highest BCUT2D eigenvalue weighted by molar-refractivity contribution is 7.70. The average Bonchev–Trinajstić information content (AvgIpc) is 3.42. The smallest absolute Gasteiger partial charge is 0.172 e. The van der Waals surface area contributed by atoms with Gasteiger partial charge < -0.3 is 4.90 Å². The summed E-state index contributed by atoms with van der Waals surface area (Å²) in [7, 11) is -0.430. The van der Waals surface area contributed by atoms with Crippen LogP contribution in [0.3, 0.4) is 0 Å². The van der Waals surface area contributed by atoms with Gasteiger partial charge in [0.25, 0.3) is 0 Å². The molecule has 6 heteroatoms. The van der Waals surface area contributed by atoms with Crippen LogP contribution < -0.4 is 9.68 Å². The van der Waals surface area contributed by atoms with Crippen LogP contribution in [0.5, 0.6) is 0 Å². The van der Waals surface area contributed by atoms with Gasteiger partial charge in [-0.2, -0.15) is 5.10 Å². The third kappa shape index (κ3) is 2.57. The van der Waals surface area contributed by atoms with Gasteiger partial charge in [-0.25, -0.2) is 9.45 Å². The Morgan fingerprint density at radius 2 is 1.62 bits per heavy atom.